The molecule has 0 aromatic heterocycles. The molecule has 7 heteroatoms. The summed E-state index contributed by atoms with van der Waals surface area (Å²) >= 11 is 13.2. The van der Waals surface area contributed by atoms with Crippen molar-refractivity contribution in [3.8, 4) is 17.7 Å². The smallest absolute Gasteiger partial charge is 0.183 e. The van der Waals surface area contributed by atoms with Gasteiger partial charge in [0.25, 0.3) is 0 Å². The van der Waals surface area contributed by atoms with Gasteiger partial charge in [0.2, 0.25) is 0 Å². The van der Waals surface area contributed by atoms with Gasteiger partial charge in [0.05, 0.1) is 5.69 Å². The summed E-state index contributed by atoms with van der Waals surface area (Å²) in [4.78, 5) is 4.29. The molecular formula is C15H11Cl2N3OS. The predicted molar refractivity (Wildman–Crippen MR) is 92.3 cm³/mol. The van der Waals surface area contributed by atoms with E-state index in [-0.39, 0.29) is 0 Å². The maximum atomic E-state index is 8.60. The Labute approximate surface area is 142 Å². The van der Waals surface area contributed by atoms with Crippen LogP contribution in [0, 0.1) is 11.5 Å². The second-order valence-electron chi connectivity index (χ2n) is 4.06. The third kappa shape index (κ3) is 4.85. The fourth-order valence-electron chi connectivity index (χ4n) is 1.60. The number of nitrogens with one attached hydrogen (secondary N) is 1. The highest BCUT2D eigenvalue weighted by atomic mass is 35.5. The second-order valence-corrected chi connectivity index (χ2v) is 5.73. The highest BCUT2D eigenvalue weighted by Crippen LogP contribution is 2.29. The number of amidine groups is 1. The largest absolute Gasteiger partial charge is 0.457 e. The number of halogens is 2. The van der Waals surface area contributed by atoms with Gasteiger partial charge in [-0.25, -0.2) is 4.99 Å². The summed E-state index contributed by atoms with van der Waals surface area (Å²) in [5, 5.41) is 12.7. The van der Waals surface area contributed by atoms with Crippen molar-refractivity contribution in [2.45, 2.75) is 0 Å². The molecule has 0 heterocycles. The predicted octanol–water partition coefficient (Wildman–Crippen LogP) is 5.21. The lowest BCUT2D eigenvalue weighted by atomic mass is 10.3. The van der Waals surface area contributed by atoms with Crippen molar-refractivity contribution in [3.63, 3.8) is 0 Å². The minimum Gasteiger partial charge on any atom is -0.457 e. The van der Waals surface area contributed by atoms with Gasteiger partial charge < -0.3 is 4.74 Å². The number of hydrogen-bond donors (Lipinski definition) is 1. The van der Waals surface area contributed by atoms with Crippen LogP contribution < -0.4 is 10.1 Å². The normalized spacial score (nSPS) is 10.9. The van der Waals surface area contributed by atoms with Gasteiger partial charge in [-0.3, -0.25) is 5.32 Å². The molecule has 0 fully saturated rings. The van der Waals surface area contributed by atoms with Crippen LogP contribution in [-0.2, 0) is 0 Å². The molecule has 0 saturated carbocycles. The first-order chi connectivity index (χ1) is 10.6. The molecule has 2 rings (SSSR count). The van der Waals surface area contributed by atoms with Crippen LogP contribution in [0.5, 0.6) is 11.5 Å². The quantitative estimate of drug-likeness (QED) is 0.357. The Morgan fingerprint density at radius 3 is 2.32 bits per heavy atom. The summed E-state index contributed by atoms with van der Waals surface area (Å²) in [5.74, 6) is 1.20. The van der Waals surface area contributed by atoms with Crippen molar-refractivity contribution in [3.05, 3.63) is 52.5 Å². The minimum atomic E-state index is 0.510. The first-order valence-corrected chi connectivity index (χ1v) is 8.10. The van der Waals surface area contributed by atoms with Crippen LogP contribution in [0.25, 0.3) is 0 Å². The molecule has 2 aromatic rings. The van der Waals surface area contributed by atoms with Crippen LogP contribution in [0.2, 0.25) is 10.0 Å². The van der Waals surface area contributed by atoms with E-state index in [2.05, 4.69) is 10.3 Å². The lowest BCUT2D eigenvalue weighted by molar-refractivity contribution is 0.483. The first kappa shape index (κ1) is 16.5. The number of aliphatic imine (C=N–C) groups is 1. The monoisotopic (exact) mass is 351 g/mol. The van der Waals surface area contributed by atoms with Gasteiger partial charge in [-0.05, 0) is 48.7 Å². The van der Waals surface area contributed by atoms with E-state index >= 15 is 0 Å². The number of ether oxygens (including phenoxy) is 1. The average Bonchev–Trinajstić information content (AvgIpc) is 2.47. The lowest BCUT2D eigenvalue weighted by Crippen LogP contribution is -2.12. The molecule has 0 unspecified atom stereocenters. The Balaban J connectivity index is 2.13. The summed E-state index contributed by atoms with van der Waals surface area (Å²) in [6.45, 7) is 0. The zero-order valence-corrected chi connectivity index (χ0v) is 13.8. The molecule has 0 amide bonds. The van der Waals surface area contributed by atoms with Gasteiger partial charge >= 0.3 is 0 Å². The standard InChI is InChI=1S/C15H11Cl2N3OS/c1-22-15(19-9-18)20-12-2-4-13(5-3-12)21-14-7-10(16)6-11(17)8-14/h2-8H,1H3,(H,19,20). The summed E-state index contributed by atoms with van der Waals surface area (Å²) < 4.78 is 5.68. The molecule has 2 aromatic carbocycles. The fraction of sp³-hybridized carbons (Fsp3) is 0.0667. The number of thioether (sulfide) groups is 1. The van der Waals surface area contributed by atoms with Crippen LogP contribution in [0.4, 0.5) is 5.69 Å². The van der Waals surface area contributed by atoms with Crippen molar-refractivity contribution >= 4 is 45.8 Å². The number of hydrogen-bond acceptors (Lipinski definition) is 4. The van der Waals surface area contributed by atoms with E-state index in [9.17, 15) is 0 Å². The number of benzene rings is 2. The molecule has 4 nitrogen and oxygen atoms in total. The molecule has 0 radical (unpaired) electrons. The molecule has 0 aliphatic heterocycles. The Hall–Kier alpha value is -1.87. The Kier molecular flexibility index (Phi) is 5.96. The summed E-state index contributed by atoms with van der Waals surface area (Å²) in [5.41, 5.74) is 0.712. The molecule has 1 N–H and O–H groups in total. The SMILES string of the molecule is CSC(=Nc1ccc(Oc2cc(Cl)cc(Cl)c2)cc1)NC#N. The first-order valence-electron chi connectivity index (χ1n) is 6.12. The Morgan fingerprint density at radius 1 is 1.14 bits per heavy atom. The maximum Gasteiger partial charge on any atom is 0.183 e. The number of nitrogens with zero attached hydrogens (tertiary/aromatic N) is 2. The topological polar surface area (TPSA) is 57.4 Å². The van der Waals surface area contributed by atoms with Crippen LogP contribution in [-0.4, -0.2) is 11.4 Å². The van der Waals surface area contributed by atoms with E-state index in [0.717, 1.165) is 0 Å². The van der Waals surface area contributed by atoms with Gasteiger partial charge in [0.1, 0.15) is 11.5 Å². The van der Waals surface area contributed by atoms with Crippen LogP contribution in [0.15, 0.2) is 47.5 Å². The summed E-state index contributed by atoms with van der Waals surface area (Å²) in [6.07, 6.45) is 3.68. The van der Waals surface area contributed by atoms with Crippen molar-refractivity contribution in [1.82, 2.24) is 5.32 Å². The van der Waals surface area contributed by atoms with Crippen molar-refractivity contribution in [2.75, 3.05) is 6.26 Å². The van der Waals surface area contributed by atoms with Crippen molar-refractivity contribution < 1.29 is 4.74 Å². The van der Waals surface area contributed by atoms with Gasteiger partial charge in [-0.15, -0.1) is 0 Å². The molecule has 0 aliphatic rings. The van der Waals surface area contributed by atoms with Crippen LogP contribution in [0.3, 0.4) is 0 Å². The molecular weight excluding hydrogens is 341 g/mol. The Bertz CT molecular complexity index is 706. The van der Waals surface area contributed by atoms with Crippen molar-refractivity contribution in [2.24, 2.45) is 4.99 Å². The minimum absolute atomic E-state index is 0.510. The molecule has 0 saturated heterocycles. The maximum absolute atomic E-state index is 8.60. The molecule has 0 aliphatic carbocycles. The van der Waals surface area contributed by atoms with E-state index in [1.165, 1.54) is 11.8 Å². The number of nitriles is 1. The number of rotatable bonds is 3. The van der Waals surface area contributed by atoms with E-state index in [1.807, 2.05) is 12.4 Å². The fourth-order valence-corrected chi connectivity index (χ4v) is 2.45. The van der Waals surface area contributed by atoms with Crippen LogP contribution >= 0.6 is 35.0 Å². The molecule has 0 spiro atoms. The highest BCUT2D eigenvalue weighted by molar-refractivity contribution is 8.13. The lowest BCUT2D eigenvalue weighted by Gasteiger charge is -2.07. The second kappa shape index (κ2) is 7.95. The summed E-state index contributed by atoms with van der Waals surface area (Å²) in [7, 11) is 0. The third-order valence-corrected chi connectivity index (χ3v) is 3.51. The van der Waals surface area contributed by atoms with Gasteiger partial charge in [-0.1, -0.05) is 35.0 Å². The third-order valence-electron chi connectivity index (χ3n) is 2.50. The molecule has 112 valence electrons. The van der Waals surface area contributed by atoms with E-state index < -0.39 is 0 Å². The zero-order chi connectivity index (χ0) is 15.9. The molecule has 0 bridgehead atoms. The van der Waals surface area contributed by atoms with Gasteiger partial charge in [0, 0.05) is 10.0 Å². The van der Waals surface area contributed by atoms with Gasteiger partial charge in [0.15, 0.2) is 11.4 Å². The van der Waals surface area contributed by atoms with Crippen molar-refractivity contribution in [1.29, 1.82) is 5.26 Å². The van der Waals surface area contributed by atoms with Gasteiger partial charge in [-0.2, -0.15) is 5.26 Å². The Morgan fingerprint density at radius 2 is 1.77 bits per heavy atom. The molecule has 22 heavy (non-hydrogen) atoms. The highest BCUT2D eigenvalue weighted by Gasteiger charge is 2.02. The zero-order valence-electron chi connectivity index (χ0n) is 11.5. The van der Waals surface area contributed by atoms with Crippen LogP contribution in [0.1, 0.15) is 0 Å². The summed E-state index contributed by atoms with van der Waals surface area (Å²) in [6, 6.07) is 12.1. The van der Waals surface area contributed by atoms with E-state index in [1.54, 1.807) is 42.5 Å². The molecule has 0 atom stereocenters. The van der Waals surface area contributed by atoms with E-state index in [0.29, 0.717) is 32.4 Å². The van der Waals surface area contributed by atoms with E-state index in [4.69, 9.17) is 33.2 Å². The average molecular weight is 352 g/mol.